The van der Waals surface area contributed by atoms with Crippen molar-refractivity contribution in [1.82, 2.24) is 0 Å². The van der Waals surface area contributed by atoms with Crippen molar-refractivity contribution >= 4 is 0 Å². The molecule has 0 aromatic rings. The van der Waals surface area contributed by atoms with E-state index in [0.717, 1.165) is 0 Å². The predicted molar refractivity (Wildman–Crippen MR) is 20.4 cm³/mol. The SMILES string of the molecule is [2H]C(=C)C=C. The molecule has 0 aliphatic heterocycles. The maximum Gasteiger partial charge on any atom is 0.0616 e. The van der Waals surface area contributed by atoms with E-state index >= 15 is 0 Å². The van der Waals surface area contributed by atoms with E-state index in [1.165, 1.54) is 6.08 Å². The Morgan fingerprint density at radius 3 is 2.00 bits per heavy atom. The first kappa shape index (κ1) is 1.77. The molecule has 4 heavy (non-hydrogen) atoms. The lowest BCUT2D eigenvalue weighted by atomic mass is 10.6. The molecule has 0 aromatic carbocycles. The zero-order valence-electron chi connectivity index (χ0n) is 3.49. The van der Waals surface area contributed by atoms with Crippen molar-refractivity contribution in [3.63, 3.8) is 0 Å². The minimum Gasteiger partial charge on any atom is -0.0991 e. The molecule has 0 heterocycles. The van der Waals surface area contributed by atoms with Crippen molar-refractivity contribution in [3.8, 4) is 0 Å². The number of rotatable bonds is 1. The van der Waals surface area contributed by atoms with Crippen LogP contribution in [-0.4, -0.2) is 0 Å². The zero-order chi connectivity index (χ0) is 4.28. The van der Waals surface area contributed by atoms with Gasteiger partial charge in [-0.25, -0.2) is 0 Å². The van der Waals surface area contributed by atoms with Crippen molar-refractivity contribution in [1.29, 1.82) is 0 Å². The fourth-order valence-corrected chi connectivity index (χ4v) is 0. The molecule has 0 saturated carbocycles. The van der Waals surface area contributed by atoms with Gasteiger partial charge < -0.3 is 0 Å². The molecule has 0 atom stereocenters. The summed E-state index contributed by atoms with van der Waals surface area (Å²) < 4.78 is 6.51. The fraction of sp³-hybridized carbons (Fsp3) is 0. The van der Waals surface area contributed by atoms with Crippen molar-refractivity contribution in [3.05, 3.63) is 25.3 Å². The normalized spacial score (nSPS) is 8.50. The molecule has 0 spiro atoms. The van der Waals surface area contributed by atoms with Gasteiger partial charge in [0.05, 0.1) is 1.37 Å². The third-order valence-electron chi connectivity index (χ3n) is 0.144. The summed E-state index contributed by atoms with van der Waals surface area (Å²) in [6.45, 7) is 6.50. The molecule has 0 aliphatic carbocycles. The second kappa shape index (κ2) is 2.48. The maximum absolute atomic E-state index is 6.51. The number of hydrogen-bond donors (Lipinski definition) is 0. The average Bonchev–Trinajstić information content (AvgIpc) is 1.38. The van der Waals surface area contributed by atoms with Crippen LogP contribution in [0.1, 0.15) is 1.37 Å². The lowest BCUT2D eigenvalue weighted by Gasteiger charge is -1.44. The van der Waals surface area contributed by atoms with Gasteiger partial charge in [0.15, 0.2) is 0 Å². The van der Waals surface area contributed by atoms with Crippen LogP contribution in [0, 0.1) is 0 Å². The molecule has 0 fully saturated rings. The molecule has 0 amide bonds. The largest absolute Gasteiger partial charge is 0.0991 e. The van der Waals surface area contributed by atoms with Gasteiger partial charge in [-0.15, -0.1) is 0 Å². The molecule has 22 valence electrons. The Morgan fingerprint density at radius 2 is 2.00 bits per heavy atom. The molecule has 0 heteroatoms. The molecule has 0 saturated heterocycles. The van der Waals surface area contributed by atoms with E-state index in [2.05, 4.69) is 13.2 Å². The first-order valence-corrected chi connectivity index (χ1v) is 1.05. The van der Waals surface area contributed by atoms with Crippen LogP contribution in [0.5, 0.6) is 0 Å². The van der Waals surface area contributed by atoms with Gasteiger partial charge in [-0.2, -0.15) is 0 Å². The predicted octanol–water partition coefficient (Wildman–Crippen LogP) is 1.36. The van der Waals surface area contributed by atoms with Crippen molar-refractivity contribution in [2.24, 2.45) is 0 Å². The summed E-state index contributed by atoms with van der Waals surface area (Å²) in [6, 6.07) is 0.269. The molecule has 0 rings (SSSR count). The Kier molecular flexibility index (Phi) is 1.10. The topological polar surface area (TPSA) is 0 Å². The maximum atomic E-state index is 6.51. The van der Waals surface area contributed by atoms with Gasteiger partial charge in [0, 0.05) is 0 Å². The van der Waals surface area contributed by atoms with E-state index in [1.807, 2.05) is 0 Å². The Balaban J connectivity index is 3.20. The van der Waals surface area contributed by atoms with E-state index in [-0.39, 0.29) is 6.05 Å². The highest BCUT2D eigenvalue weighted by Crippen LogP contribution is 1.52. The molecular formula is C4H6. The van der Waals surface area contributed by atoms with E-state index in [9.17, 15) is 0 Å². The quantitative estimate of drug-likeness (QED) is 0.397. The average molecular weight is 55.1 g/mol. The summed E-state index contributed by atoms with van der Waals surface area (Å²) in [5.74, 6) is 0. The van der Waals surface area contributed by atoms with Gasteiger partial charge in [0.2, 0.25) is 0 Å². The lowest BCUT2D eigenvalue weighted by molar-refractivity contribution is 2.15. The summed E-state index contributed by atoms with van der Waals surface area (Å²) in [4.78, 5) is 0. The lowest BCUT2D eigenvalue weighted by Crippen LogP contribution is -1.21. The summed E-state index contributed by atoms with van der Waals surface area (Å²) in [7, 11) is 0. The van der Waals surface area contributed by atoms with Crippen LogP contribution in [0.4, 0.5) is 0 Å². The molecular weight excluding hydrogens is 48.0 g/mol. The van der Waals surface area contributed by atoms with E-state index in [4.69, 9.17) is 1.37 Å². The van der Waals surface area contributed by atoms with Gasteiger partial charge in [-0.3, -0.25) is 0 Å². The molecule has 0 N–H and O–H groups in total. The Labute approximate surface area is 27.9 Å². The molecule has 0 bridgehead atoms. The van der Waals surface area contributed by atoms with Gasteiger partial charge in [-0.1, -0.05) is 25.3 Å². The molecule has 0 nitrogen and oxygen atoms in total. The standard InChI is InChI=1S/C4H6/c1-3-4-2/h3-4H,1-2H2/i3D. The Bertz CT molecular complexity index is 54.7. The van der Waals surface area contributed by atoms with Crippen LogP contribution in [0.2, 0.25) is 0 Å². The molecule has 0 aromatic heterocycles. The van der Waals surface area contributed by atoms with Gasteiger partial charge >= 0.3 is 0 Å². The van der Waals surface area contributed by atoms with Crippen LogP contribution in [0.25, 0.3) is 0 Å². The van der Waals surface area contributed by atoms with Crippen LogP contribution in [-0.2, 0) is 0 Å². The second-order valence-electron chi connectivity index (χ2n) is 0.408. The summed E-state index contributed by atoms with van der Waals surface area (Å²) >= 11 is 0. The number of hydrogen-bond acceptors (Lipinski definition) is 0. The monoisotopic (exact) mass is 55.1 g/mol. The minimum atomic E-state index is 0.269. The smallest absolute Gasteiger partial charge is 0.0616 e. The first-order chi connectivity index (χ1) is 2.27. The van der Waals surface area contributed by atoms with Crippen LogP contribution in [0.3, 0.4) is 0 Å². The second-order valence-corrected chi connectivity index (χ2v) is 0.408. The fourth-order valence-electron chi connectivity index (χ4n) is 0. The van der Waals surface area contributed by atoms with Gasteiger partial charge in [-0.05, 0) is 0 Å². The van der Waals surface area contributed by atoms with Crippen molar-refractivity contribution in [2.45, 2.75) is 0 Å². The van der Waals surface area contributed by atoms with Gasteiger partial charge in [0.1, 0.15) is 0 Å². The van der Waals surface area contributed by atoms with E-state index in [1.54, 1.807) is 0 Å². The first-order valence-electron chi connectivity index (χ1n) is 1.55. The molecule has 0 aliphatic rings. The summed E-state index contributed by atoms with van der Waals surface area (Å²) in [5.41, 5.74) is 0. The van der Waals surface area contributed by atoms with Crippen LogP contribution >= 0.6 is 0 Å². The van der Waals surface area contributed by atoms with Crippen molar-refractivity contribution < 1.29 is 1.37 Å². The highest BCUT2D eigenvalue weighted by molar-refractivity contribution is 4.88. The van der Waals surface area contributed by atoms with Gasteiger partial charge in [0.25, 0.3) is 0 Å². The highest BCUT2D eigenvalue weighted by Gasteiger charge is 1.29. The third-order valence-corrected chi connectivity index (χ3v) is 0.144. The number of allylic oxidation sites excluding steroid dienone is 2. The minimum absolute atomic E-state index is 0.269. The highest BCUT2D eigenvalue weighted by atomic mass is 13.4. The molecule has 0 unspecified atom stereocenters. The Morgan fingerprint density at radius 1 is 1.75 bits per heavy atom. The third kappa shape index (κ3) is 1.48. The van der Waals surface area contributed by atoms with Crippen molar-refractivity contribution in [2.75, 3.05) is 0 Å². The van der Waals surface area contributed by atoms with Crippen LogP contribution < -0.4 is 0 Å². The summed E-state index contributed by atoms with van der Waals surface area (Å²) in [5, 5.41) is 0. The zero-order valence-corrected chi connectivity index (χ0v) is 2.49. The Hall–Kier alpha value is -0.520. The molecule has 0 radical (unpaired) electrons. The van der Waals surface area contributed by atoms with Crippen LogP contribution in [0.15, 0.2) is 25.3 Å². The van der Waals surface area contributed by atoms with E-state index < -0.39 is 0 Å². The van der Waals surface area contributed by atoms with E-state index in [0.29, 0.717) is 0 Å². The summed E-state index contributed by atoms with van der Waals surface area (Å²) in [6.07, 6.45) is 1.39.